The number of rotatable bonds is 10. The molecule has 0 unspecified atom stereocenters. The van der Waals surface area contributed by atoms with E-state index in [9.17, 15) is 52.8 Å². The van der Waals surface area contributed by atoms with Crippen molar-refractivity contribution in [1.82, 2.24) is 9.97 Å². The standard InChI is InChI=1S/C31H19ClF2N6O11S3/c32-25-29(33)37-31(34)38-30(25)36-16-7-8-18-15(12-16)6-9-21(28(18)54(48,49)50)39-40-26-23(53(45,46)47)13-19-22(52(42,43)44)11-10-20(24(19)27(26)41)35-14-51-17-4-2-1-3-5-17/h1-14,41H,(H,36,37,38)(H,42,43,44)(H,45,46,47)(H,48,49,50). The van der Waals surface area contributed by atoms with E-state index in [1.54, 1.807) is 30.3 Å². The minimum atomic E-state index is -5.39. The van der Waals surface area contributed by atoms with Gasteiger partial charge in [0.05, 0.1) is 11.1 Å². The molecule has 0 amide bonds. The lowest BCUT2D eigenvalue weighted by Crippen LogP contribution is -2.03. The second-order valence-electron chi connectivity index (χ2n) is 10.8. The van der Waals surface area contributed by atoms with Gasteiger partial charge in [-0.1, -0.05) is 41.9 Å². The number of para-hydroxylation sites is 1. The first-order chi connectivity index (χ1) is 25.3. The van der Waals surface area contributed by atoms with Crippen LogP contribution < -0.4 is 10.1 Å². The molecule has 54 heavy (non-hydrogen) atoms. The number of aromatic nitrogens is 2. The molecule has 0 fully saturated rings. The maximum atomic E-state index is 13.8. The molecule has 17 nitrogen and oxygen atoms in total. The number of phenols is 1. The molecule has 278 valence electrons. The van der Waals surface area contributed by atoms with Crippen molar-refractivity contribution in [1.29, 1.82) is 0 Å². The highest BCUT2D eigenvalue weighted by Gasteiger charge is 2.28. The monoisotopic (exact) mass is 820 g/mol. The Hall–Kier alpha value is -5.75. The largest absolute Gasteiger partial charge is 0.505 e. The van der Waals surface area contributed by atoms with Crippen molar-refractivity contribution in [3.63, 3.8) is 0 Å². The summed E-state index contributed by atoms with van der Waals surface area (Å²) in [7, 11) is -15.7. The molecule has 6 rings (SSSR count). The molecular formula is C31H19ClF2N6O11S3. The van der Waals surface area contributed by atoms with Gasteiger partial charge in [-0.2, -0.15) is 44.0 Å². The average Bonchev–Trinajstić information content (AvgIpc) is 3.08. The van der Waals surface area contributed by atoms with Crippen molar-refractivity contribution in [3.05, 3.63) is 95.9 Å². The van der Waals surface area contributed by atoms with Gasteiger partial charge in [-0.3, -0.25) is 13.7 Å². The zero-order chi connectivity index (χ0) is 39.2. The summed E-state index contributed by atoms with van der Waals surface area (Å²) in [6.45, 7) is 0. The molecule has 0 aliphatic rings. The van der Waals surface area contributed by atoms with Crippen LogP contribution in [0.5, 0.6) is 11.5 Å². The van der Waals surface area contributed by atoms with Crippen LogP contribution >= 0.6 is 11.6 Å². The summed E-state index contributed by atoms with van der Waals surface area (Å²) in [6, 6.07) is 16.5. The molecule has 0 atom stereocenters. The van der Waals surface area contributed by atoms with E-state index < -0.39 is 95.8 Å². The third kappa shape index (κ3) is 7.79. The van der Waals surface area contributed by atoms with E-state index in [1.807, 2.05) is 0 Å². The second kappa shape index (κ2) is 14.2. The van der Waals surface area contributed by atoms with Crippen molar-refractivity contribution in [3.8, 4) is 11.5 Å². The van der Waals surface area contributed by atoms with Crippen molar-refractivity contribution >= 4 is 98.5 Å². The molecule has 5 N–H and O–H groups in total. The highest BCUT2D eigenvalue weighted by molar-refractivity contribution is 7.86. The number of ether oxygens (including phenoxy) is 1. The fourth-order valence-electron chi connectivity index (χ4n) is 5.12. The molecule has 0 radical (unpaired) electrons. The third-order valence-electron chi connectivity index (χ3n) is 7.34. The molecule has 1 heterocycles. The Balaban J connectivity index is 1.51. The fourth-order valence-corrected chi connectivity index (χ4v) is 7.42. The molecule has 6 aromatic rings. The number of nitrogens with zero attached hydrogens (tertiary/aromatic N) is 5. The van der Waals surface area contributed by atoms with E-state index >= 15 is 0 Å². The molecule has 0 aliphatic heterocycles. The Bertz CT molecular complexity index is 2920. The second-order valence-corrected chi connectivity index (χ2v) is 15.3. The molecule has 23 heteroatoms. The van der Waals surface area contributed by atoms with E-state index in [1.165, 1.54) is 18.2 Å². The summed E-state index contributed by atoms with van der Waals surface area (Å²) < 4.78 is 138. The van der Waals surface area contributed by atoms with Gasteiger partial charge in [0.1, 0.15) is 36.8 Å². The Morgan fingerprint density at radius 2 is 1.44 bits per heavy atom. The maximum Gasteiger partial charge on any atom is 0.313 e. The van der Waals surface area contributed by atoms with E-state index in [0.29, 0.717) is 11.8 Å². The molecule has 1 aromatic heterocycles. The van der Waals surface area contributed by atoms with Gasteiger partial charge in [0.25, 0.3) is 30.4 Å². The van der Waals surface area contributed by atoms with E-state index in [2.05, 4.69) is 30.5 Å². The number of aliphatic imine (C=N–C) groups is 1. The molecule has 0 saturated carbocycles. The summed E-state index contributed by atoms with van der Waals surface area (Å²) in [5.41, 5.74) is -1.84. The molecule has 0 saturated heterocycles. The number of fused-ring (bicyclic) bond motifs is 2. The number of phenolic OH excluding ortho intramolecular Hbond substituents is 1. The predicted molar refractivity (Wildman–Crippen MR) is 189 cm³/mol. The van der Waals surface area contributed by atoms with Crippen molar-refractivity contribution in [2.24, 2.45) is 15.2 Å². The van der Waals surface area contributed by atoms with Gasteiger partial charge in [-0.05, 0) is 53.9 Å². The minimum Gasteiger partial charge on any atom is -0.505 e. The van der Waals surface area contributed by atoms with Crippen LogP contribution in [0.4, 0.5) is 37.3 Å². The van der Waals surface area contributed by atoms with E-state index in [0.717, 1.165) is 30.7 Å². The zero-order valence-electron chi connectivity index (χ0n) is 26.3. The summed E-state index contributed by atoms with van der Waals surface area (Å²) in [5.74, 6) is -2.65. The molecular weight excluding hydrogens is 802 g/mol. The lowest BCUT2D eigenvalue weighted by Gasteiger charge is -2.13. The SMILES string of the molecule is O=S(=O)(O)c1cc2c(S(=O)(=O)O)ccc(N=COc3ccccc3)c2c(O)c1N=Nc1ccc2cc(Nc3nc(F)nc(F)c3Cl)ccc2c1S(=O)(=O)O. The average molecular weight is 821 g/mol. The van der Waals surface area contributed by atoms with E-state index in [4.69, 9.17) is 16.3 Å². The van der Waals surface area contributed by atoms with Gasteiger partial charge in [0.15, 0.2) is 18.0 Å². The predicted octanol–water partition coefficient (Wildman–Crippen LogP) is 7.06. The number of aromatic hydroxyl groups is 1. The number of hydrogen-bond acceptors (Lipinski definition) is 14. The third-order valence-corrected chi connectivity index (χ3v) is 10.4. The molecule has 0 spiro atoms. The number of halogens is 3. The Kier molecular flexibility index (Phi) is 10.0. The quantitative estimate of drug-likeness (QED) is 0.0231. The van der Waals surface area contributed by atoms with Crippen molar-refractivity contribution < 1.29 is 57.5 Å². The molecule has 0 bridgehead atoms. The van der Waals surface area contributed by atoms with Crippen LogP contribution in [0.3, 0.4) is 0 Å². The van der Waals surface area contributed by atoms with Gasteiger partial charge in [0, 0.05) is 16.5 Å². The van der Waals surface area contributed by atoms with Gasteiger partial charge in [-0.15, -0.1) is 10.2 Å². The van der Waals surface area contributed by atoms with Gasteiger partial charge in [0.2, 0.25) is 5.95 Å². The number of azo groups is 1. The molecule has 0 aliphatic carbocycles. The topological polar surface area (TPSA) is 267 Å². The first-order valence-corrected chi connectivity index (χ1v) is 19.2. The zero-order valence-corrected chi connectivity index (χ0v) is 29.5. The van der Waals surface area contributed by atoms with Crippen LogP contribution in [0.1, 0.15) is 0 Å². The van der Waals surface area contributed by atoms with E-state index in [-0.39, 0.29) is 22.1 Å². The van der Waals surface area contributed by atoms with Crippen LogP contribution in [-0.4, -0.2) is 60.4 Å². The maximum absolute atomic E-state index is 13.8. The lowest BCUT2D eigenvalue weighted by molar-refractivity contribution is 0.471. The fraction of sp³-hybridized carbons (Fsp3) is 0. The summed E-state index contributed by atoms with van der Waals surface area (Å²) >= 11 is 5.80. The van der Waals surface area contributed by atoms with Crippen LogP contribution in [0.25, 0.3) is 21.5 Å². The van der Waals surface area contributed by atoms with Gasteiger partial charge < -0.3 is 15.2 Å². The van der Waals surface area contributed by atoms with Crippen molar-refractivity contribution in [2.45, 2.75) is 14.7 Å². The first kappa shape index (κ1) is 38.0. The highest BCUT2D eigenvalue weighted by atomic mass is 35.5. The number of nitrogens with one attached hydrogen (secondary N) is 1. The molecule has 5 aromatic carbocycles. The smallest absolute Gasteiger partial charge is 0.313 e. The van der Waals surface area contributed by atoms with Crippen LogP contribution in [0.2, 0.25) is 5.02 Å². The number of benzene rings is 5. The summed E-state index contributed by atoms with van der Waals surface area (Å²) in [6.07, 6.45) is -0.528. The Morgan fingerprint density at radius 3 is 2.11 bits per heavy atom. The minimum absolute atomic E-state index is 0.0860. The highest BCUT2D eigenvalue weighted by Crippen LogP contribution is 2.47. The summed E-state index contributed by atoms with van der Waals surface area (Å²) in [5, 5.41) is 19.5. The Morgan fingerprint density at radius 1 is 0.759 bits per heavy atom. The normalized spacial score (nSPS) is 12.6. The van der Waals surface area contributed by atoms with Gasteiger partial charge in [-0.25, -0.2) is 4.99 Å². The number of hydrogen-bond donors (Lipinski definition) is 5. The van der Waals surface area contributed by atoms with Crippen LogP contribution in [-0.2, 0) is 30.4 Å². The Labute approximate surface area is 307 Å². The van der Waals surface area contributed by atoms with Gasteiger partial charge >= 0.3 is 6.08 Å². The summed E-state index contributed by atoms with van der Waals surface area (Å²) in [4.78, 5) is 7.27. The van der Waals surface area contributed by atoms with Crippen LogP contribution in [0.15, 0.2) is 109 Å². The number of anilines is 2. The lowest BCUT2D eigenvalue weighted by atomic mass is 10.1. The van der Waals surface area contributed by atoms with Crippen LogP contribution in [0, 0.1) is 12.0 Å². The van der Waals surface area contributed by atoms with Crippen molar-refractivity contribution in [2.75, 3.05) is 5.32 Å². The first-order valence-electron chi connectivity index (χ1n) is 14.5.